The second-order valence-electron chi connectivity index (χ2n) is 3.77. The number of anilines is 1. The van der Waals surface area contributed by atoms with Crippen LogP contribution in [0.15, 0.2) is 17.1 Å². The van der Waals surface area contributed by atoms with Crippen LogP contribution in [0.3, 0.4) is 0 Å². The van der Waals surface area contributed by atoms with Crippen LogP contribution in [-0.2, 0) is 4.74 Å². The molecule has 8 nitrogen and oxygen atoms in total. The predicted octanol–water partition coefficient (Wildman–Crippen LogP) is -2.56. The second kappa shape index (κ2) is 4.41. The van der Waals surface area contributed by atoms with Crippen molar-refractivity contribution in [3.05, 3.63) is 22.7 Å². The van der Waals surface area contributed by atoms with Crippen molar-refractivity contribution in [2.75, 3.05) is 12.3 Å². The van der Waals surface area contributed by atoms with E-state index in [1.165, 1.54) is 12.3 Å². The molecule has 2 rings (SSSR count). The van der Waals surface area contributed by atoms with Gasteiger partial charge in [0.2, 0.25) is 0 Å². The molecule has 5 N–H and O–H groups in total. The first-order chi connectivity index (χ1) is 8.04. The Labute approximate surface area is 95.9 Å². The summed E-state index contributed by atoms with van der Waals surface area (Å²) in [6, 6.07) is 1.37. The number of aromatic nitrogens is 2. The van der Waals surface area contributed by atoms with Crippen LogP contribution < -0.4 is 11.4 Å². The number of ether oxygens (including phenoxy) is 1. The lowest BCUT2D eigenvalue weighted by atomic mass is 10.1. The maximum atomic E-state index is 11.5. The summed E-state index contributed by atoms with van der Waals surface area (Å²) in [6.07, 6.45) is -3.27. The number of nitrogens with zero attached hydrogens (tertiary/aromatic N) is 2. The Bertz CT molecular complexity index is 462. The van der Waals surface area contributed by atoms with Crippen molar-refractivity contribution < 1.29 is 20.1 Å². The molecule has 1 fully saturated rings. The van der Waals surface area contributed by atoms with Gasteiger partial charge >= 0.3 is 5.69 Å². The molecule has 1 aliphatic heterocycles. The molecule has 0 aromatic carbocycles. The quantitative estimate of drug-likeness (QED) is 0.449. The van der Waals surface area contributed by atoms with Gasteiger partial charge in [0.25, 0.3) is 0 Å². The van der Waals surface area contributed by atoms with Crippen LogP contribution in [0.2, 0.25) is 0 Å². The van der Waals surface area contributed by atoms with E-state index in [0.29, 0.717) is 0 Å². The molecule has 0 saturated carbocycles. The maximum Gasteiger partial charge on any atom is 0.351 e. The number of nitrogen functional groups attached to an aromatic ring is 1. The zero-order chi connectivity index (χ0) is 12.6. The van der Waals surface area contributed by atoms with Crippen molar-refractivity contribution >= 4 is 5.82 Å². The van der Waals surface area contributed by atoms with Crippen molar-refractivity contribution in [3.63, 3.8) is 0 Å². The van der Waals surface area contributed by atoms with E-state index >= 15 is 0 Å². The zero-order valence-corrected chi connectivity index (χ0v) is 8.80. The van der Waals surface area contributed by atoms with Gasteiger partial charge in [-0.05, 0) is 6.07 Å². The van der Waals surface area contributed by atoms with Crippen LogP contribution in [0.5, 0.6) is 0 Å². The number of hydrogen-bond donors (Lipinski definition) is 4. The van der Waals surface area contributed by atoms with Crippen molar-refractivity contribution in [2.45, 2.75) is 24.5 Å². The fraction of sp³-hybridized carbons (Fsp3) is 0.556. The first-order valence-corrected chi connectivity index (χ1v) is 5.01. The van der Waals surface area contributed by atoms with Gasteiger partial charge in [-0.15, -0.1) is 0 Å². The lowest BCUT2D eigenvalue weighted by molar-refractivity contribution is -0.0549. The van der Waals surface area contributed by atoms with Crippen LogP contribution in [0.4, 0.5) is 5.82 Å². The number of aliphatic hydroxyl groups is 3. The molecule has 1 aromatic heterocycles. The Morgan fingerprint density at radius 3 is 2.71 bits per heavy atom. The van der Waals surface area contributed by atoms with Gasteiger partial charge in [0, 0.05) is 6.20 Å². The molecule has 0 spiro atoms. The van der Waals surface area contributed by atoms with Crippen LogP contribution in [0, 0.1) is 0 Å². The van der Waals surface area contributed by atoms with E-state index in [4.69, 9.17) is 15.6 Å². The van der Waals surface area contributed by atoms with E-state index in [2.05, 4.69) is 4.98 Å². The number of rotatable bonds is 2. The first-order valence-electron chi connectivity index (χ1n) is 5.01. The minimum absolute atomic E-state index is 0.0537. The van der Waals surface area contributed by atoms with Crippen LogP contribution in [0.1, 0.15) is 6.23 Å². The molecule has 0 amide bonds. The molecule has 4 atom stereocenters. The Kier molecular flexibility index (Phi) is 3.11. The summed E-state index contributed by atoms with van der Waals surface area (Å²) < 4.78 is 6.19. The van der Waals surface area contributed by atoms with Gasteiger partial charge in [-0.25, -0.2) is 4.79 Å². The predicted molar refractivity (Wildman–Crippen MR) is 55.9 cm³/mol. The fourth-order valence-corrected chi connectivity index (χ4v) is 1.73. The monoisotopic (exact) mass is 243 g/mol. The van der Waals surface area contributed by atoms with Gasteiger partial charge in [-0.2, -0.15) is 4.98 Å². The van der Waals surface area contributed by atoms with Crippen LogP contribution in [-0.4, -0.2) is 49.8 Å². The zero-order valence-electron chi connectivity index (χ0n) is 8.80. The maximum absolute atomic E-state index is 11.5. The normalized spacial score (nSPS) is 32.9. The van der Waals surface area contributed by atoms with Crippen LogP contribution >= 0.6 is 0 Å². The summed E-state index contributed by atoms with van der Waals surface area (Å²) in [5, 5.41) is 28.2. The minimum Gasteiger partial charge on any atom is -0.394 e. The Morgan fingerprint density at radius 2 is 2.18 bits per heavy atom. The van der Waals surface area contributed by atoms with Crippen molar-refractivity contribution in [1.82, 2.24) is 9.55 Å². The third-order valence-corrected chi connectivity index (χ3v) is 2.64. The third-order valence-electron chi connectivity index (χ3n) is 2.64. The van der Waals surface area contributed by atoms with Crippen molar-refractivity contribution in [2.24, 2.45) is 0 Å². The SMILES string of the molecule is Nc1ccn(C2O[C@@H](CO)[C@H](O)[C@@H]2O)c(=O)n1. The molecule has 1 aliphatic rings. The van der Waals surface area contributed by atoms with E-state index in [9.17, 15) is 15.0 Å². The molecule has 17 heavy (non-hydrogen) atoms. The summed E-state index contributed by atoms with van der Waals surface area (Å²) >= 11 is 0. The number of hydrogen-bond acceptors (Lipinski definition) is 7. The molecule has 94 valence electrons. The van der Waals surface area contributed by atoms with Gasteiger partial charge in [-0.3, -0.25) is 4.57 Å². The molecular formula is C9H13N3O5. The third kappa shape index (κ3) is 2.03. The largest absolute Gasteiger partial charge is 0.394 e. The summed E-state index contributed by atoms with van der Waals surface area (Å²) in [4.78, 5) is 15.0. The molecule has 0 bridgehead atoms. The highest BCUT2D eigenvalue weighted by Gasteiger charge is 2.43. The van der Waals surface area contributed by atoms with E-state index in [1.54, 1.807) is 0 Å². The molecule has 1 saturated heterocycles. The summed E-state index contributed by atoms with van der Waals surface area (Å²) in [5.41, 5.74) is 4.63. The average Bonchev–Trinajstić information content (AvgIpc) is 2.57. The van der Waals surface area contributed by atoms with Gasteiger partial charge in [0.1, 0.15) is 24.1 Å². The van der Waals surface area contributed by atoms with Gasteiger partial charge in [-0.1, -0.05) is 0 Å². The molecule has 1 unspecified atom stereocenters. The van der Waals surface area contributed by atoms with Crippen molar-refractivity contribution in [3.8, 4) is 0 Å². The first kappa shape index (κ1) is 12.0. The highest BCUT2D eigenvalue weighted by atomic mass is 16.6. The van der Waals surface area contributed by atoms with Gasteiger partial charge in [0.15, 0.2) is 6.23 Å². The summed E-state index contributed by atoms with van der Waals surface area (Å²) in [6.45, 7) is -0.453. The molecule has 8 heteroatoms. The Balaban J connectivity index is 2.32. The lowest BCUT2D eigenvalue weighted by Gasteiger charge is -2.16. The van der Waals surface area contributed by atoms with E-state index in [0.717, 1.165) is 4.57 Å². The molecule has 2 heterocycles. The van der Waals surface area contributed by atoms with E-state index in [-0.39, 0.29) is 5.82 Å². The summed E-state index contributed by atoms with van der Waals surface area (Å²) in [5.74, 6) is 0.0537. The molecular weight excluding hydrogens is 230 g/mol. The van der Waals surface area contributed by atoms with Crippen molar-refractivity contribution in [1.29, 1.82) is 0 Å². The topological polar surface area (TPSA) is 131 Å². The van der Waals surface area contributed by atoms with Gasteiger partial charge in [0.05, 0.1) is 6.61 Å². The fourth-order valence-electron chi connectivity index (χ4n) is 1.73. The average molecular weight is 243 g/mol. The van der Waals surface area contributed by atoms with E-state index in [1.807, 2.05) is 0 Å². The Morgan fingerprint density at radius 1 is 1.47 bits per heavy atom. The highest BCUT2D eigenvalue weighted by molar-refractivity contribution is 5.23. The molecule has 0 radical (unpaired) electrons. The Hall–Kier alpha value is -1.48. The van der Waals surface area contributed by atoms with Gasteiger partial charge < -0.3 is 25.8 Å². The van der Waals surface area contributed by atoms with E-state index < -0.39 is 36.8 Å². The standard InChI is InChI=1S/C9H13N3O5/c10-5-1-2-12(9(16)11-5)8-7(15)6(14)4(3-13)17-8/h1-2,4,6-8,13-15H,3H2,(H2,10,11,16)/t4-,6-,7-,8?/m0/s1. The van der Waals surface area contributed by atoms with Crippen LogP contribution in [0.25, 0.3) is 0 Å². The summed E-state index contributed by atoms with van der Waals surface area (Å²) in [7, 11) is 0. The number of nitrogens with two attached hydrogens (primary N) is 1. The minimum atomic E-state index is -1.31. The second-order valence-corrected chi connectivity index (χ2v) is 3.77. The lowest BCUT2D eigenvalue weighted by Crippen LogP contribution is -2.36. The number of aliphatic hydroxyl groups excluding tert-OH is 3. The highest BCUT2D eigenvalue weighted by Crippen LogP contribution is 2.27. The molecule has 0 aliphatic carbocycles. The molecule has 1 aromatic rings. The smallest absolute Gasteiger partial charge is 0.351 e.